The molecule has 0 aliphatic heterocycles. The topological polar surface area (TPSA) is 43.6 Å². The lowest BCUT2D eigenvalue weighted by Gasteiger charge is -2.07. The largest absolute Gasteiger partial charge is 0.496 e. The summed E-state index contributed by atoms with van der Waals surface area (Å²) in [5, 5.41) is 4.20. The van der Waals surface area contributed by atoms with Crippen molar-refractivity contribution < 1.29 is 9.53 Å². The summed E-state index contributed by atoms with van der Waals surface area (Å²) in [5.74, 6) is 0.780. The second-order valence-electron chi connectivity index (χ2n) is 3.78. The SMILES string of the molecule is COc1cc2ccnn2cc1-c1ccc(C=O)s1. The molecule has 18 heavy (non-hydrogen) atoms. The van der Waals surface area contributed by atoms with E-state index in [1.54, 1.807) is 23.9 Å². The van der Waals surface area contributed by atoms with Crippen LogP contribution in [0.3, 0.4) is 0 Å². The average molecular weight is 258 g/mol. The second kappa shape index (κ2) is 4.27. The number of ether oxygens (including phenoxy) is 1. The Morgan fingerprint density at radius 3 is 3.00 bits per heavy atom. The first-order valence-corrected chi connectivity index (χ1v) is 6.20. The fourth-order valence-electron chi connectivity index (χ4n) is 1.86. The Morgan fingerprint density at radius 1 is 1.39 bits per heavy atom. The second-order valence-corrected chi connectivity index (χ2v) is 4.89. The Balaban J connectivity index is 2.22. The third kappa shape index (κ3) is 1.69. The number of fused-ring (bicyclic) bond motifs is 1. The zero-order valence-electron chi connectivity index (χ0n) is 9.66. The van der Waals surface area contributed by atoms with Gasteiger partial charge in [0.1, 0.15) is 5.75 Å². The first-order chi connectivity index (χ1) is 8.81. The van der Waals surface area contributed by atoms with Crippen LogP contribution >= 0.6 is 11.3 Å². The Labute approximate surface area is 107 Å². The lowest BCUT2D eigenvalue weighted by molar-refractivity contribution is 0.112. The van der Waals surface area contributed by atoms with Gasteiger partial charge in [-0.3, -0.25) is 4.79 Å². The summed E-state index contributed by atoms with van der Waals surface area (Å²) in [6.07, 6.45) is 4.51. The van der Waals surface area contributed by atoms with Crippen LogP contribution in [0.5, 0.6) is 5.75 Å². The number of hydrogen-bond donors (Lipinski definition) is 0. The van der Waals surface area contributed by atoms with Crippen molar-refractivity contribution in [2.45, 2.75) is 0 Å². The molecule has 3 rings (SSSR count). The van der Waals surface area contributed by atoms with E-state index in [1.807, 2.05) is 24.4 Å². The van der Waals surface area contributed by atoms with Crippen LogP contribution in [0, 0.1) is 0 Å². The Bertz CT molecular complexity index is 715. The van der Waals surface area contributed by atoms with Gasteiger partial charge in [0, 0.05) is 23.3 Å². The number of rotatable bonds is 3. The summed E-state index contributed by atoms with van der Waals surface area (Å²) >= 11 is 1.44. The molecule has 90 valence electrons. The molecule has 0 aromatic carbocycles. The van der Waals surface area contributed by atoms with Gasteiger partial charge < -0.3 is 4.74 Å². The number of methoxy groups -OCH3 is 1. The molecule has 3 aromatic heterocycles. The van der Waals surface area contributed by atoms with Crippen molar-refractivity contribution in [3.05, 3.63) is 41.5 Å². The van der Waals surface area contributed by atoms with Crippen molar-refractivity contribution in [3.8, 4) is 16.2 Å². The summed E-state index contributed by atoms with van der Waals surface area (Å²) < 4.78 is 7.19. The van der Waals surface area contributed by atoms with Gasteiger partial charge in [-0.15, -0.1) is 11.3 Å². The number of thiophene rings is 1. The lowest BCUT2D eigenvalue weighted by Crippen LogP contribution is -1.92. The molecule has 0 atom stereocenters. The molecule has 0 amide bonds. The normalized spacial score (nSPS) is 10.7. The van der Waals surface area contributed by atoms with Crippen molar-refractivity contribution >= 4 is 23.1 Å². The fourth-order valence-corrected chi connectivity index (χ4v) is 2.70. The van der Waals surface area contributed by atoms with Gasteiger partial charge in [-0.1, -0.05) is 0 Å². The maximum atomic E-state index is 10.7. The maximum absolute atomic E-state index is 10.7. The Hall–Kier alpha value is -2.14. The number of pyridine rings is 1. The molecule has 0 spiro atoms. The summed E-state index contributed by atoms with van der Waals surface area (Å²) in [6.45, 7) is 0. The number of hydrogen-bond acceptors (Lipinski definition) is 4. The van der Waals surface area contributed by atoms with E-state index < -0.39 is 0 Å². The van der Waals surface area contributed by atoms with Gasteiger partial charge in [-0.25, -0.2) is 4.52 Å². The fraction of sp³-hybridized carbons (Fsp3) is 0.0769. The molecule has 0 N–H and O–H groups in total. The van der Waals surface area contributed by atoms with Gasteiger partial charge >= 0.3 is 0 Å². The number of carbonyl (C=O) groups is 1. The molecule has 0 radical (unpaired) electrons. The van der Waals surface area contributed by atoms with Crippen molar-refractivity contribution in [2.24, 2.45) is 0 Å². The van der Waals surface area contributed by atoms with Crippen LogP contribution in [0.4, 0.5) is 0 Å². The standard InChI is InChI=1S/C13H10N2O2S/c1-17-12-6-9-4-5-14-15(9)7-11(12)13-3-2-10(8-16)18-13/h2-8H,1H3. The van der Waals surface area contributed by atoms with Crippen LogP contribution in [0.2, 0.25) is 0 Å². The molecule has 5 heteroatoms. The minimum absolute atomic E-state index is 0.701. The predicted octanol–water partition coefficient (Wildman–Crippen LogP) is 2.88. The molecular formula is C13H10N2O2S. The number of aldehydes is 1. The third-order valence-electron chi connectivity index (χ3n) is 2.73. The molecule has 0 saturated carbocycles. The maximum Gasteiger partial charge on any atom is 0.160 e. The average Bonchev–Trinajstić information content (AvgIpc) is 3.05. The Kier molecular flexibility index (Phi) is 2.60. The smallest absolute Gasteiger partial charge is 0.160 e. The molecular weight excluding hydrogens is 248 g/mol. The van der Waals surface area contributed by atoms with E-state index in [9.17, 15) is 4.79 Å². The highest BCUT2D eigenvalue weighted by molar-refractivity contribution is 7.17. The zero-order chi connectivity index (χ0) is 12.5. The van der Waals surface area contributed by atoms with E-state index >= 15 is 0 Å². The lowest BCUT2D eigenvalue weighted by atomic mass is 10.2. The third-order valence-corrected chi connectivity index (χ3v) is 3.77. The monoisotopic (exact) mass is 258 g/mol. The summed E-state index contributed by atoms with van der Waals surface area (Å²) in [6, 6.07) is 7.57. The molecule has 0 saturated heterocycles. The first kappa shape index (κ1) is 11.0. The van der Waals surface area contributed by atoms with E-state index in [2.05, 4.69) is 5.10 Å². The summed E-state index contributed by atoms with van der Waals surface area (Å²) in [7, 11) is 1.64. The van der Waals surface area contributed by atoms with Crippen LogP contribution in [-0.2, 0) is 0 Å². The molecule has 0 fully saturated rings. The van der Waals surface area contributed by atoms with Gasteiger partial charge in [-0.2, -0.15) is 5.10 Å². The molecule has 0 aliphatic carbocycles. The minimum Gasteiger partial charge on any atom is -0.496 e. The van der Waals surface area contributed by atoms with Crippen molar-refractivity contribution in [1.82, 2.24) is 9.61 Å². The van der Waals surface area contributed by atoms with E-state index in [-0.39, 0.29) is 0 Å². The highest BCUT2D eigenvalue weighted by Crippen LogP contribution is 2.35. The Morgan fingerprint density at radius 2 is 2.28 bits per heavy atom. The molecule has 0 unspecified atom stereocenters. The van der Waals surface area contributed by atoms with Crippen LogP contribution in [0.25, 0.3) is 16.0 Å². The van der Waals surface area contributed by atoms with E-state index in [0.29, 0.717) is 4.88 Å². The van der Waals surface area contributed by atoms with Gasteiger partial charge in [0.25, 0.3) is 0 Å². The van der Waals surface area contributed by atoms with Crippen LogP contribution < -0.4 is 4.74 Å². The van der Waals surface area contributed by atoms with E-state index in [4.69, 9.17) is 4.74 Å². The quantitative estimate of drug-likeness (QED) is 0.678. The van der Waals surface area contributed by atoms with Crippen molar-refractivity contribution in [2.75, 3.05) is 7.11 Å². The highest BCUT2D eigenvalue weighted by Gasteiger charge is 2.10. The number of aromatic nitrogens is 2. The van der Waals surface area contributed by atoms with E-state index in [0.717, 1.165) is 28.0 Å². The number of nitrogens with zero attached hydrogens (tertiary/aromatic N) is 2. The molecule has 3 heterocycles. The minimum atomic E-state index is 0.701. The first-order valence-electron chi connectivity index (χ1n) is 5.38. The molecule has 0 bridgehead atoms. The predicted molar refractivity (Wildman–Crippen MR) is 70.4 cm³/mol. The van der Waals surface area contributed by atoms with Gasteiger partial charge in [-0.05, 0) is 18.2 Å². The van der Waals surface area contributed by atoms with Crippen molar-refractivity contribution in [3.63, 3.8) is 0 Å². The van der Waals surface area contributed by atoms with Gasteiger partial charge in [0.2, 0.25) is 0 Å². The van der Waals surface area contributed by atoms with Crippen LogP contribution in [-0.4, -0.2) is 23.0 Å². The van der Waals surface area contributed by atoms with Gasteiger partial charge in [0.15, 0.2) is 6.29 Å². The van der Waals surface area contributed by atoms with Crippen LogP contribution in [0.1, 0.15) is 9.67 Å². The van der Waals surface area contributed by atoms with Crippen molar-refractivity contribution in [1.29, 1.82) is 0 Å². The molecule has 4 nitrogen and oxygen atoms in total. The van der Waals surface area contributed by atoms with E-state index in [1.165, 1.54) is 11.3 Å². The van der Waals surface area contributed by atoms with Crippen LogP contribution in [0.15, 0.2) is 36.7 Å². The summed E-state index contributed by atoms with van der Waals surface area (Å²) in [5.41, 5.74) is 1.91. The van der Waals surface area contributed by atoms with Gasteiger partial charge in [0.05, 0.1) is 23.1 Å². The zero-order valence-corrected chi connectivity index (χ0v) is 10.5. The highest BCUT2D eigenvalue weighted by atomic mass is 32.1. The number of carbonyl (C=O) groups excluding carboxylic acids is 1. The summed E-state index contributed by atoms with van der Waals surface area (Å²) in [4.78, 5) is 12.4. The molecule has 0 aliphatic rings. The molecule has 3 aromatic rings.